The van der Waals surface area contributed by atoms with E-state index in [0.717, 1.165) is 27.0 Å². The lowest BCUT2D eigenvalue weighted by molar-refractivity contribution is 0.551. The summed E-state index contributed by atoms with van der Waals surface area (Å²) in [4.78, 5) is 4.00. The zero-order valence-electron chi connectivity index (χ0n) is 9.61. The summed E-state index contributed by atoms with van der Waals surface area (Å²) in [6.45, 7) is 0. The molecule has 5 heteroatoms. The summed E-state index contributed by atoms with van der Waals surface area (Å²) in [5.74, 6) is 5.61. The van der Waals surface area contributed by atoms with Crippen LogP contribution in [0.3, 0.4) is 0 Å². The van der Waals surface area contributed by atoms with Crippen LogP contribution in [0.1, 0.15) is 17.2 Å². The van der Waals surface area contributed by atoms with Gasteiger partial charge in [0.1, 0.15) is 0 Å². The highest BCUT2D eigenvalue weighted by Crippen LogP contribution is 2.25. The molecule has 1 unspecified atom stereocenters. The van der Waals surface area contributed by atoms with Gasteiger partial charge in [0.05, 0.1) is 6.04 Å². The molecule has 94 valence electrons. The maximum atomic E-state index is 6.21. The highest BCUT2D eigenvalue weighted by Gasteiger charge is 2.12. The van der Waals surface area contributed by atoms with Gasteiger partial charge in [-0.15, -0.1) is 0 Å². The summed E-state index contributed by atoms with van der Waals surface area (Å²) in [6, 6.07) is 9.76. The SMILES string of the molecule is NNC(Cc1ccc(Br)cc1Cl)c1ccncc1. The first kappa shape index (κ1) is 13.5. The van der Waals surface area contributed by atoms with Crippen molar-refractivity contribution in [1.82, 2.24) is 10.4 Å². The van der Waals surface area contributed by atoms with Crippen LogP contribution < -0.4 is 11.3 Å². The number of nitrogens with one attached hydrogen (secondary N) is 1. The van der Waals surface area contributed by atoms with Crippen LogP contribution in [0.15, 0.2) is 47.2 Å². The number of nitrogens with two attached hydrogens (primary N) is 1. The van der Waals surface area contributed by atoms with E-state index >= 15 is 0 Å². The van der Waals surface area contributed by atoms with Crippen molar-refractivity contribution < 1.29 is 0 Å². The molecule has 0 aliphatic carbocycles. The normalized spacial score (nSPS) is 12.4. The van der Waals surface area contributed by atoms with Crippen LogP contribution in [0.2, 0.25) is 5.02 Å². The Morgan fingerprint density at radius 1 is 1.28 bits per heavy atom. The standard InChI is InChI=1S/C13H13BrClN3/c14-11-2-1-10(12(15)8-11)7-13(18-16)9-3-5-17-6-4-9/h1-6,8,13,18H,7,16H2. The summed E-state index contributed by atoms with van der Waals surface area (Å²) in [6.07, 6.45) is 4.23. The van der Waals surface area contributed by atoms with Crippen LogP contribution >= 0.6 is 27.5 Å². The largest absolute Gasteiger partial charge is 0.271 e. The van der Waals surface area contributed by atoms with Crippen LogP contribution in [0, 0.1) is 0 Å². The number of rotatable bonds is 4. The Morgan fingerprint density at radius 3 is 2.61 bits per heavy atom. The van der Waals surface area contributed by atoms with Crippen LogP contribution in [-0.4, -0.2) is 4.98 Å². The van der Waals surface area contributed by atoms with Gasteiger partial charge >= 0.3 is 0 Å². The second kappa shape index (κ2) is 6.29. The second-order valence-corrected chi connectivity index (χ2v) is 5.26. The minimum Gasteiger partial charge on any atom is -0.271 e. The zero-order valence-corrected chi connectivity index (χ0v) is 11.9. The Hall–Kier alpha value is -0.940. The van der Waals surface area contributed by atoms with Gasteiger partial charge in [0.15, 0.2) is 0 Å². The lowest BCUT2D eigenvalue weighted by Crippen LogP contribution is -2.29. The maximum Gasteiger partial charge on any atom is 0.0501 e. The summed E-state index contributed by atoms with van der Waals surface area (Å²) in [7, 11) is 0. The highest BCUT2D eigenvalue weighted by molar-refractivity contribution is 9.10. The Bertz CT molecular complexity index is 519. The van der Waals surface area contributed by atoms with E-state index in [9.17, 15) is 0 Å². The highest BCUT2D eigenvalue weighted by atomic mass is 79.9. The molecule has 0 saturated carbocycles. The molecule has 3 N–H and O–H groups in total. The van der Waals surface area contributed by atoms with Crippen molar-refractivity contribution in [1.29, 1.82) is 0 Å². The molecular weight excluding hydrogens is 314 g/mol. The molecule has 1 atom stereocenters. The van der Waals surface area contributed by atoms with E-state index in [-0.39, 0.29) is 6.04 Å². The van der Waals surface area contributed by atoms with Gasteiger partial charge in [0, 0.05) is 21.9 Å². The molecule has 18 heavy (non-hydrogen) atoms. The fraction of sp³-hybridized carbons (Fsp3) is 0.154. The zero-order chi connectivity index (χ0) is 13.0. The Labute approximate surface area is 119 Å². The minimum absolute atomic E-state index is 0.0201. The van der Waals surface area contributed by atoms with Gasteiger partial charge in [-0.3, -0.25) is 16.3 Å². The molecule has 0 aliphatic heterocycles. The van der Waals surface area contributed by atoms with Gasteiger partial charge in [0.25, 0.3) is 0 Å². The monoisotopic (exact) mass is 325 g/mol. The third-order valence-electron chi connectivity index (χ3n) is 2.75. The van der Waals surface area contributed by atoms with Crippen LogP contribution in [-0.2, 0) is 6.42 Å². The first-order chi connectivity index (χ1) is 8.70. The van der Waals surface area contributed by atoms with Crippen molar-refractivity contribution in [2.75, 3.05) is 0 Å². The molecule has 2 aromatic rings. The van der Waals surface area contributed by atoms with Gasteiger partial charge < -0.3 is 0 Å². The number of hydrogen-bond acceptors (Lipinski definition) is 3. The van der Waals surface area contributed by atoms with Gasteiger partial charge in [-0.25, -0.2) is 0 Å². The molecule has 0 aliphatic rings. The number of aromatic nitrogens is 1. The number of pyridine rings is 1. The van der Waals surface area contributed by atoms with Crippen molar-refractivity contribution in [3.8, 4) is 0 Å². The molecule has 1 heterocycles. The van der Waals surface area contributed by atoms with Crippen LogP contribution in [0.25, 0.3) is 0 Å². The van der Waals surface area contributed by atoms with Crippen molar-refractivity contribution in [3.63, 3.8) is 0 Å². The van der Waals surface area contributed by atoms with Gasteiger partial charge in [-0.1, -0.05) is 33.6 Å². The molecule has 1 aromatic heterocycles. The molecule has 0 radical (unpaired) electrons. The molecule has 0 saturated heterocycles. The average Bonchev–Trinajstić information content (AvgIpc) is 2.39. The summed E-state index contributed by atoms with van der Waals surface area (Å²) >= 11 is 9.60. The molecule has 0 amide bonds. The fourth-order valence-electron chi connectivity index (χ4n) is 1.78. The first-order valence-corrected chi connectivity index (χ1v) is 6.68. The second-order valence-electron chi connectivity index (χ2n) is 3.94. The van der Waals surface area contributed by atoms with Gasteiger partial charge in [-0.05, 0) is 41.8 Å². The van der Waals surface area contributed by atoms with E-state index in [1.165, 1.54) is 0 Å². The summed E-state index contributed by atoms with van der Waals surface area (Å²) in [5.41, 5.74) is 4.96. The average molecular weight is 327 g/mol. The van der Waals surface area contributed by atoms with E-state index in [0.29, 0.717) is 0 Å². The molecule has 0 bridgehead atoms. The quantitative estimate of drug-likeness (QED) is 0.670. The lowest BCUT2D eigenvalue weighted by Gasteiger charge is -2.17. The van der Waals surface area contributed by atoms with Crippen molar-refractivity contribution >= 4 is 27.5 Å². The smallest absolute Gasteiger partial charge is 0.0501 e. The van der Waals surface area contributed by atoms with E-state index in [1.54, 1.807) is 12.4 Å². The van der Waals surface area contributed by atoms with Gasteiger partial charge in [0.2, 0.25) is 0 Å². The maximum absolute atomic E-state index is 6.21. The number of hydrazine groups is 1. The Balaban J connectivity index is 2.21. The molecule has 3 nitrogen and oxygen atoms in total. The van der Waals surface area contributed by atoms with E-state index in [1.807, 2.05) is 30.3 Å². The third-order valence-corrected chi connectivity index (χ3v) is 3.59. The summed E-state index contributed by atoms with van der Waals surface area (Å²) < 4.78 is 0.970. The van der Waals surface area contributed by atoms with Crippen molar-refractivity contribution in [2.45, 2.75) is 12.5 Å². The predicted octanol–water partition coefficient (Wildman–Crippen LogP) is 3.24. The number of halogens is 2. The fourth-order valence-corrected chi connectivity index (χ4v) is 2.53. The number of nitrogens with zero attached hydrogens (tertiary/aromatic N) is 1. The number of benzene rings is 1. The van der Waals surface area contributed by atoms with Gasteiger partial charge in [-0.2, -0.15) is 0 Å². The van der Waals surface area contributed by atoms with Crippen molar-refractivity contribution in [2.24, 2.45) is 5.84 Å². The van der Waals surface area contributed by atoms with Crippen molar-refractivity contribution in [3.05, 3.63) is 63.3 Å². The molecule has 2 rings (SSSR count). The van der Waals surface area contributed by atoms with E-state index in [4.69, 9.17) is 17.4 Å². The first-order valence-electron chi connectivity index (χ1n) is 5.50. The predicted molar refractivity (Wildman–Crippen MR) is 77.2 cm³/mol. The van der Waals surface area contributed by atoms with Crippen LogP contribution in [0.5, 0.6) is 0 Å². The Morgan fingerprint density at radius 2 is 2.00 bits per heavy atom. The third kappa shape index (κ3) is 3.29. The molecule has 0 spiro atoms. The molecule has 1 aromatic carbocycles. The Kier molecular flexibility index (Phi) is 4.72. The van der Waals surface area contributed by atoms with E-state index in [2.05, 4.69) is 26.3 Å². The topological polar surface area (TPSA) is 50.9 Å². The van der Waals surface area contributed by atoms with E-state index < -0.39 is 0 Å². The summed E-state index contributed by atoms with van der Waals surface area (Å²) in [5, 5.41) is 0.735. The van der Waals surface area contributed by atoms with Crippen LogP contribution in [0.4, 0.5) is 0 Å². The lowest BCUT2D eigenvalue weighted by atomic mass is 10.0. The number of hydrogen-bond donors (Lipinski definition) is 2. The molecular formula is C13H13BrClN3. The molecule has 0 fully saturated rings. The minimum atomic E-state index is 0.0201.